The molecule has 0 unspecified atom stereocenters. The average Bonchev–Trinajstić information content (AvgIpc) is 3.25. The lowest BCUT2D eigenvalue weighted by Crippen LogP contribution is -2.30. The molecule has 7 heteroatoms. The third-order valence-electron chi connectivity index (χ3n) is 4.48. The summed E-state index contributed by atoms with van der Waals surface area (Å²) in [4.78, 5) is 23.9. The Morgan fingerprint density at radius 3 is 2.74 bits per heavy atom. The minimum atomic E-state index is -0.167. The molecule has 0 aliphatic rings. The fourth-order valence-electron chi connectivity index (χ4n) is 2.89. The number of aromatic nitrogens is 4. The maximum absolute atomic E-state index is 13.3. The molecule has 0 radical (unpaired) electrons. The number of pyridine rings is 1. The van der Waals surface area contributed by atoms with Crippen LogP contribution >= 0.6 is 11.3 Å². The van der Waals surface area contributed by atoms with E-state index in [9.17, 15) is 4.79 Å². The molecule has 6 nitrogen and oxygen atoms in total. The lowest BCUT2D eigenvalue weighted by atomic mass is 10.2. The Balaban J connectivity index is 1.79. The van der Waals surface area contributed by atoms with Gasteiger partial charge >= 0.3 is 0 Å². The molecule has 0 saturated carbocycles. The van der Waals surface area contributed by atoms with Gasteiger partial charge in [-0.3, -0.25) is 19.4 Å². The Morgan fingerprint density at radius 2 is 2.07 bits per heavy atom. The Bertz CT molecular complexity index is 1100. The maximum Gasteiger partial charge on any atom is 0.280 e. The summed E-state index contributed by atoms with van der Waals surface area (Å²) in [5.41, 5.74) is 4.31. The molecule has 0 aliphatic carbocycles. The first-order chi connectivity index (χ1) is 13.0. The highest BCUT2D eigenvalue weighted by Crippen LogP contribution is 2.32. The van der Waals surface area contributed by atoms with Gasteiger partial charge in [0.25, 0.3) is 5.91 Å². The number of carbonyl (C=O) groups is 1. The van der Waals surface area contributed by atoms with Crippen LogP contribution in [0.3, 0.4) is 0 Å². The zero-order valence-electron chi connectivity index (χ0n) is 15.4. The normalized spacial score (nSPS) is 11.1. The zero-order chi connectivity index (χ0) is 19.0. The van der Waals surface area contributed by atoms with Crippen molar-refractivity contribution in [2.24, 2.45) is 7.05 Å². The molecule has 1 amide bonds. The molecule has 0 atom stereocenters. The van der Waals surface area contributed by atoms with Crippen molar-refractivity contribution in [3.05, 3.63) is 71.3 Å². The van der Waals surface area contributed by atoms with E-state index in [-0.39, 0.29) is 5.91 Å². The van der Waals surface area contributed by atoms with Crippen LogP contribution in [-0.4, -0.2) is 25.7 Å². The van der Waals surface area contributed by atoms with Gasteiger partial charge in [-0.2, -0.15) is 5.10 Å². The quantitative estimate of drug-likeness (QED) is 0.541. The van der Waals surface area contributed by atoms with E-state index >= 15 is 0 Å². The second-order valence-corrected chi connectivity index (χ2v) is 7.47. The molecule has 1 aromatic carbocycles. The van der Waals surface area contributed by atoms with Gasteiger partial charge in [-0.15, -0.1) is 0 Å². The van der Waals surface area contributed by atoms with Gasteiger partial charge in [-0.1, -0.05) is 29.5 Å². The smallest absolute Gasteiger partial charge is 0.278 e. The SMILES string of the molecule is Cc1cccc2sc(N(Cc3cccnc3)C(=O)c3cc(C)n(C)n3)nc12. The van der Waals surface area contributed by atoms with Crippen molar-refractivity contribution < 1.29 is 4.79 Å². The fourth-order valence-corrected chi connectivity index (χ4v) is 3.94. The van der Waals surface area contributed by atoms with Gasteiger partial charge in [0, 0.05) is 25.1 Å². The molecule has 3 aromatic heterocycles. The van der Waals surface area contributed by atoms with Crippen LogP contribution in [0.1, 0.15) is 27.3 Å². The van der Waals surface area contributed by atoms with Crippen molar-refractivity contribution in [1.82, 2.24) is 19.7 Å². The number of carbonyl (C=O) groups excluding carboxylic acids is 1. The van der Waals surface area contributed by atoms with Gasteiger partial charge in [0.2, 0.25) is 0 Å². The highest BCUT2D eigenvalue weighted by atomic mass is 32.1. The van der Waals surface area contributed by atoms with Gasteiger partial charge < -0.3 is 0 Å². The summed E-state index contributed by atoms with van der Waals surface area (Å²) in [5.74, 6) is -0.167. The molecule has 0 bridgehead atoms. The average molecular weight is 377 g/mol. The monoisotopic (exact) mass is 377 g/mol. The van der Waals surface area contributed by atoms with Crippen LogP contribution < -0.4 is 4.90 Å². The van der Waals surface area contributed by atoms with E-state index in [0.717, 1.165) is 27.0 Å². The third-order valence-corrected chi connectivity index (χ3v) is 5.53. The number of fused-ring (bicyclic) bond motifs is 1. The van der Waals surface area contributed by atoms with Crippen molar-refractivity contribution in [2.75, 3.05) is 4.90 Å². The van der Waals surface area contributed by atoms with Crippen LogP contribution in [0.4, 0.5) is 5.13 Å². The van der Waals surface area contributed by atoms with Crippen LogP contribution in [0, 0.1) is 13.8 Å². The van der Waals surface area contributed by atoms with Gasteiger partial charge in [-0.05, 0) is 43.2 Å². The summed E-state index contributed by atoms with van der Waals surface area (Å²) in [6, 6.07) is 11.7. The van der Waals surface area contributed by atoms with E-state index in [1.807, 2.05) is 51.2 Å². The van der Waals surface area contributed by atoms with Crippen molar-refractivity contribution in [2.45, 2.75) is 20.4 Å². The Kier molecular flexibility index (Phi) is 4.45. The van der Waals surface area contributed by atoms with E-state index in [1.165, 1.54) is 11.3 Å². The molecule has 3 heterocycles. The molecule has 0 spiro atoms. The van der Waals surface area contributed by atoms with Crippen molar-refractivity contribution in [1.29, 1.82) is 0 Å². The topological polar surface area (TPSA) is 63.9 Å². The minimum Gasteiger partial charge on any atom is -0.278 e. The summed E-state index contributed by atoms with van der Waals surface area (Å²) < 4.78 is 2.77. The standard InChI is InChI=1S/C20H19N5OS/c1-13-6-4-8-17-18(13)22-20(27-17)25(12-15-7-5-9-21-11-15)19(26)16-10-14(2)24(3)23-16/h4-11H,12H2,1-3H3. The molecule has 27 heavy (non-hydrogen) atoms. The molecule has 0 N–H and O–H groups in total. The lowest BCUT2D eigenvalue weighted by Gasteiger charge is -2.18. The number of aryl methyl sites for hydroxylation is 3. The Hall–Kier alpha value is -3.06. The highest BCUT2D eigenvalue weighted by Gasteiger charge is 2.24. The van der Waals surface area contributed by atoms with Crippen LogP contribution in [0.2, 0.25) is 0 Å². The molecule has 0 fully saturated rings. The molecular weight excluding hydrogens is 358 g/mol. The maximum atomic E-state index is 13.3. The number of para-hydroxylation sites is 1. The Labute approximate surface area is 161 Å². The van der Waals surface area contributed by atoms with E-state index in [2.05, 4.69) is 10.1 Å². The van der Waals surface area contributed by atoms with Crippen molar-refractivity contribution >= 4 is 32.6 Å². The summed E-state index contributed by atoms with van der Waals surface area (Å²) in [5, 5.41) is 5.02. The third kappa shape index (κ3) is 3.33. The predicted octanol–water partition coefficient (Wildman–Crippen LogP) is 3.89. The van der Waals surface area contributed by atoms with Crippen LogP contribution in [0.5, 0.6) is 0 Å². The van der Waals surface area contributed by atoms with E-state index in [4.69, 9.17) is 4.98 Å². The predicted molar refractivity (Wildman–Crippen MR) is 107 cm³/mol. The van der Waals surface area contributed by atoms with Gasteiger partial charge in [-0.25, -0.2) is 4.98 Å². The first-order valence-electron chi connectivity index (χ1n) is 8.60. The number of nitrogens with zero attached hydrogens (tertiary/aromatic N) is 5. The number of rotatable bonds is 4. The second kappa shape index (κ2) is 6.92. The molecule has 4 aromatic rings. The first kappa shape index (κ1) is 17.4. The molecule has 4 rings (SSSR count). The van der Waals surface area contributed by atoms with Gasteiger partial charge in [0.05, 0.1) is 16.8 Å². The van der Waals surface area contributed by atoms with Crippen molar-refractivity contribution in [3.63, 3.8) is 0 Å². The van der Waals surface area contributed by atoms with E-state index in [0.29, 0.717) is 17.4 Å². The largest absolute Gasteiger partial charge is 0.280 e. The summed E-state index contributed by atoms with van der Waals surface area (Å²) >= 11 is 1.51. The van der Waals surface area contributed by atoms with Crippen LogP contribution in [0.15, 0.2) is 48.8 Å². The van der Waals surface area contributed by atoms with Crippen molar-refractivity contribution in [3.8, 4) is 0 Å². The number of thiazole rings is 1. The fraction of sp³-hybridized carbons (Fsp3) is 0.200. The van der Waals surface area contributed by atoms with E-state index < -0.39 is 0 Å². The molecule has 136 valence electrons. The summed E-state index contributed by atoms with van der Waals surface area (Å²) in [7, 11) is 1.83. The lowest BCUT2D eigenvalue weighted by molar-refractivity contribution is 0.0979. The molecule has 0 aliphatic heterocycles. The van der Waals surface area contributed by atoms with Gasteiger partial charge in [0.15, 0.2) is 10.8 Å². The number of hydrogen-bond donors (Lipinski definition) is 0. The zero-order valence-corrected chi connectivity index (χ0v) is 16.2. The number of benzene rings is 1. The number of anilines is 1. The molecule has 0 saturated heterocycles. The number of hydrogen-bond acceptors (Lipinski definition) is 5. The summed E-state index contributed by atoms with van der Waals surface area (Å²) in [6.45, 7) is 4.35. The highest BCUT2D eigenvalue weighted by molar-refractivity contribution is 7.22. The summed E-state index contributed by atoms with van der Waals surface area (Å²) in [6.07, 6.45) is 3.49. The first-order valence-corrected chi connectivity index (χ1v) is 9.42. The van der Waals surface area contributed by atoms with Gasteiger partial charge in [0.1, 0.15) is 0 Å². The van der Waals surface area contributed by atoms with E-state index in [1.54, 1.807) is 28.0 Å². The second-order valence-electron chi connectivity index (χ2n) is 6.47. The van der Waals surface area contributed by atoms with Crippen LogP contribution in [-0.2, 0) is 13.6 Å². The number of amides is 1. The Morgan fingerprint density at radius 1 is 1.22 bits per heavy atom. The molecular formula is C20H19N5OS. The van der Waals surface area contributed by atoms with Crippen LogP contribution in [0.25, 0.3) is 10.2 Å². The minimum absolute atomic E-state index is 0.167.